The van der Waals surface area contributed by atoms with Gasteiger partial charge in [0.2, 0.25) is 23.6 Å². The Balaban J connectivity index is 0.888. The van der Waals surface area contributed by atoms with Crippen LogP contribution in [-0.2, 0) is 45.4 Å². The molecule has 4 amide bonds. The minimum atomic E-state index is -0.101. The summed E-state index contributed by atoms with van der Waals surface area (Å²) in [7, 11) is 0. The van der Waals surface area contributed by atoms with Gasteiger partial charge in [0.15, 0.2) is 0 Å². The Morgan fingerprint density at radius 2 is 0.472 bits per heavy atom. The van der Waals surface area contributed by atoms with Crippen LogP contribution in [0.2, 0.25) is 0 Å². The lowest BCUT2D eigenvalue weighted by molar-refractivity contribution is -0.125. The summed E-state index contributed by atoms with van der Waals surface area (Å²) in [5.74, 6) is -0.406. The minimum absolute atomic E-state index is 0.101. The van der Waals surface area contributed by atoms with Gasteiger partial charge in [0.1, 0.15) is 0 Å². The monoisotopic (exact) mass is 961 g/mol. The largest absolute Gasteiger partial charge is 0.351 e. The molecule has 0 aliphatic carbocycles. The summed E-state index contributed by atoms with van der Waals surface area (Å²) in [6, 6.07) is 57.6. The fourth-order valence-corrected chi connectivity index (χ4v) is 9.44. The quantitative estimate of drug-likeness (QED) is 0.0810. The molecule has 0 spiro atoms. The van der Waals surface area contributed by atoms with E-state index in [-0.39, 0.29) is 49.8 Å². The Morgan fingerprint density at radius 1 is 0.278 bits per heavy atom. The van der Waals surface area contributed by atoms with E-state index in [1.165, 1.54) is 0 Å². The van der Waals surface area contributed by atoms with E-state index < -0.39 is 0 Å². The molecule has 1 heterocycles. The molecule has 0 unspecified atom stereocenters. The van der Waals surface area contributed by atoms with Crippen molar-refractivity contribution in [1.82, 2.24) is 40.9 Å². The maximum absolute atomic E-state index is 13.7. The van der Waals surface area contributed by atoms with Crippen molar-refractivity contribution >= 4 is 66.7 Å². The number of hydrogen-bond acceptors (Lipinski definition) is 8. The Hall–Kier alpha value is -7.48. The molecule has 0 atom stereocenters. The van der Waals surface area contributed by atoms with Gasteiger partial charge in [-0.15, -0.1) is 0 Å². The predicted molar refractivity (Wildman–Crippen MR) is 289 cm³/mol. The third-order valence-electron chi connectivity index (χ3n) is 13.6. The summed E-state index contributed by atoms with van der Waals surface area (Å²) in [4.78, 5) is 63.4. The maximum atomic E-state index is 13.7. The first kappa shape index (κ1) is 49.5. The van der Waals surface area contributed by atoms with E-state index in [1.54, 1.807) is 0 Å². The number of nitrogens with one attached hydrogen (secondary N) is 4. The van der Waals surface area contributed by atoms with Crippen molar-refractivity contribution in [3.05, 3.63) is 192 Å². The molecule has 0 saturated carbocycles. The number of rotatable bonds is 16. The average molecular weight is 961 g/mol. The molecule has 0 aromatic heterocycles. The van der Waals surface area contributed by atoms with Crippen LogP contribution in [0.15, 0.2) is 170 Å². The van der Waals surface area contributed by atoms with E-state index >= 15 is 0 Å². The van der Waals surface area contributed by atoms with Gasteiger partial charge in [0.25, 0.3) is 0 Å². The van der Waals surface area contributed by atoms with Gasteiger partial charge < -0.3 is 21.3 Å². The predicted octanol–water partition coefficient (Wildman–Crippen LogP) is 7.09. The van der Waals surface area contributed by atoms with Gasteiger partial charge in [0, 0.05) is 78.5 Å². The minimum Gasteiger partial charge on any atom is -0.351 e. The molecule has 0 radical (unpaired) electrons. The summed E-state index contributed by atoms with van der Waals surface area (Å²) in [5, 5.41) is 21.6. The fourth-order valence-electron chi connectivity index (χ4n) is 9.44. The van der Waals surface area contributed by atoms with Gasteiger partial charge in [-0.2, -0.15) is 0 Å². The molecule has 12 nitrogen and oxygen atoms in total. The van der Waals surface area contributed by atoms with E-state index in [0.717, 1.165) is 65.3 Å². The molecular weight excluding hydrogens is 897 g/mol. The molecule has 1 fully saturated rings. The smallest absolute Gasteiger partial charge is 0.234 e. The zero-order valence-electron chi connectivity index (χ0n) is 40.9. The Labute approximate surface area is 422 Å². The van der Waals surface area contributed by atoms with Crippen LogP contribution in [0.4, 0.5) is 0 Å². The second kappa shape index (κ2) is 24.6. The first-order valence-electron chi connectivity index (χ1n) is 25.1. The van der Waals surface area contributed by atoms with Crippen LogP contribution in [0.5, 0.6) is 0 Å². The van der Waals surface area contributed by atoms with Gasteiger partial charge in [0.05, 0.1) is 26.2 Å². The van der Waals surface area contributed by atoms with Gasteiger partial charge in [-0.1, -0.05) is 146 Å². The van der Waals surface area contributed by atoms with Crippen molar-refractivity contribution < 1.29 is 19.2 Å². The summed E-state index contributed by atoms with van der Waals surface area (Å²) in [5.41, 5.74) is 4.07. The first-order valence-corrected chi connectivity index (χ1v) is 25.1. The van der Waals surface area contributed by atoms with E-state index in [0.29, 0.717) is 78.5 Å². The van der Waals surface area contributed by atoms with E-state index in [2.05, 4.69) is 138 Å². The lowest BCUT2D eigenvalue weighted by Crippen LogP contribution is -2.51. The molecule has 12 heteroatoms. The highest BCUT2D eigenvalue weighted by Crippen LogP contribution is 2.19. The van der Waals surface area contributed by atoms with Crippen molar-refractivity contribution in [1.29, 1.82) is 0 Å². The number of fused-ring (bicyclic) bond motifs is 4. The number of amides is 4. The second-order valence-corrected chi connectivity index (χ2v) is 18.9. The molecule has 72 heavy (non-hydrogen) atoms. The lowest BCUT2D eigenvalue weighted by atomic mass is 10.1. The molecule has 368 valence electrons. The van der Waals surface area contributed by atoms with Gasteiger partial charge in [-0.05, 0) is 89.6 Å². The number of carbonyl (C=O) groups is 4. The molecule has 4 N–H and O–H groups in total. The normalized spacial score (nSPS) is 14.7. The lowest BCUT2D eigenvalue weighted by Gasteiger charge is -2.33. The average Bonchev–Trinajstić information content (AvgIpc) is 3.41. The van der Waals surface area contributed by atoms with Crippen LogP contribution >= 0.6 is 0 Å². The highest BCUT2D eigenvalue weighted by atomic mass is 16.2. The topological polar surface area (TPSA) is 129 Å². The van der Waals surface area contributed by atoms with Crippen LogP contribution < -0.4 is 21.3 Å². The number of carbonyl (C=O) groups excluding carboxylic acids is 4. The standard InChI is InChI=1S/C60H64N8O4/c69-57(61-37-45-17-21-49-9-1-5-13-53(49)33-45)41-65-25-27-66(42-58(70)62-38-46-18-22-50-10-2-6-14-54(50)34-46)29-31-68(44-60(72)64-40-48-20-24-52-12-4-8-16-56(52)36-48)32-30-67(28-26-65)43-59(71)63-39-47-19-23-51-11-3-7-15-55(51)35-47/h1-24,33-36H,25-32,37-44H2,(H,61,69)(H,62,70)(H,63,71)(H,64,72). The molecular formula is C60H64N8O4. The van der Waals surface area contributed by atoms with Crippen molar-refractivity contribution in [2.24, 2.45) is 0 Å². The first-order chi connectivity index (χ1) is 35.2. The van der Waals surface area contributed by atoms with E-state index in [1.807, 2.05) is 72.8 Å². The second-order valence-electron chi connectivity index (χ2n) is 18.9. The Bertz CT molecular complexity index is 2720. The van der Waals surface area contributed by atoms with Crippen LogP contribution in [0.1, 0.15) is 22.3 Å². The molecule has 9 rings (SSSR count). The number of nitrogens with zero attached hydrogens (tertiary/aromatic N) is 4. The fraction of sp³-hybridized carbons (Fsp3) is 0.267. The van der Waals surface area contributed by atoms with Crippen molar-refractivity contribution in [2.75, 3.05) is 78.5 Å². The Kier molecular flexibility index (Phi) is 16.9. The maximum Gasteiger partial charge on any atom is 0.234 e. The molecule has 8 aromatic carbocycles. The number of benzene rings is 8. The van der Waals surface area contributed by atoms with Crippen LogP contribution in [0.25, 0.3) is 43.1 Å². The molecule has 1 aliphatic heterocycles. The molecule has 1 aliphatic rings. The molecule has 8 aromatic rings. The third kappa shape index (κ3) is 14.3. The van der Waals surface area contributed by atoms with Crippen LogP contribution in [-0.4, -0.2) is 122 Å². The summed E-state index contributed by atoms with van der Waals surface area (Å²) >= 11 is 0. The Morgan fingerprint density at radius 3 is 0.681 bits per heavy atom. The molecule has 0 bridgehead atoms. The van der Waals surface area contributed by atoms with E-state index in [4.69, 9.17) is 0 Å². The summed E-state index contributed by atoms with van der Waals surface area (Å²) in [6.07, 6.45) is 0. The summed E-state index contributed by atoms with van der Waals surface area (Å²) < 4.78 is 0. The van der Waals surface area contributed by atoms with Crippen LogP contribution in [0, 0.1) is 0 Å². The van der Waals surface area contributed by atoms with Crippen molar-refractivity contribution in [3.63, 3.8) is 0 Å². The van der Waals surface area contributed by atoms with Crippen LogP contribution in [0.3, 0.4) is 0 Å². The molecule has 1 saturated heterocycles. The van der Waals surface area contributed by atoms with E-state index in [9.17, 15) is 19.2 Å². The highest BCUT2D eigenvalue weighted by molar-refractivity contribution is 5.86. The van der Waals surface area contributed by atoms with Gasteiger partial charge in [-0.3, -0.25) is 38.8 Å². The third-order valence-corrected chi connectivity index (χ3v) is 13.6. The van der Waals surface area contributed by atoms with Gasteiger partial charge >= 0.3 is 0 Å². The number of hydrogen-bond donors (Lipinski definition) is 4. The zero-order valence-corrected chi connectivity index (χ0v) is 40.9. The zero-order chi connectivity index (χ0) is 49.5. The highest BCUT2D eigenvalue weighted by Gasteiger charge is 2.22. The van der Waals surface area contributed by atoms with Gasteiger partial charge in [-0.25, -0.2) is 0 Å². The summed E-state index contributed by atoms with van der Waals surface area (Å²) in [6.45, 7) is 6.29. The van der Waals surface area contributed by atoms with Crippen molar-refractivity contribution in [2.45, 2.75) is 26.2 Å². The SMILES string of the molecule is O=C(CN1CCN(CC(=O)NCc2ccc3ccccc3c2)CCN(CC(=O)NCc2ccc3ccccc3c2)CCN(CC(=O)NCc2ccc3ccccc3c2)CC1)NCc1ccc2ccccc2c1. The van der Waals surface area contributed by atoms with Crippen molar-refractivity contribution in [3.8, 4) is 0 Å².